The first kappa shape index (κ1) is 20.4. The van der Waals surface area contributed by atoms with Gasteiger partial charge in [-0.1, -0.05) is 91.6 Å². The summed E-state index contributed by atoms with van der Waals surface area (Å²) in [5.74, 6) is 0. The number of hydrogen-bond donors (Lipinski definition) is 1. The molecule has 0 radical (unpaired) electrons. The number of aliphatic hydroxyl groups is 1. The lowest BCUT2D eigenvalue weighted by molar-refractivity contribution is 0.0879. The van der Waals surface area contributed by atoms with E-state index in [-0.39, 0.29) is 16.2 Å². The Morgan fingerprint density at radius 1 is 1.00 bits per heavy atom. The van der Waals surface area contributed by atoms with E-state index in [0.717, 1.165) is 19.3 Å². The van der Waals surface area contributed by atoms with Crippen molar-refractivity contribution < 1.29 is 9.53 Å². The van der Waals surface area contributed by atoms with E-state index in [1.807, 2.05) is 0 Å². The molecule has 0 spiro atoms. The highest BCUT2D eigenvalue weighted by Crippen LogP contribution is 2.51. The highest BCUT2D eigenvalue weighted by Gasteiger charge is 2.56. The van der Waals surface area contributed by atoms with E-state index in [0.29, 0.717) is 6.61 Å². The first-order valence-electron chi connectivity index (χ1n) is 8.94. The van der Waals surface area contributed by atoms with Gasteiger partial charge in [0, 0.05) is 0 Å². The van der Waals surface area contributed by atoms with Crippen molar-refractivity contribution in [2.24, 2.45) is 0 Å². The third-order valence-electron chi connectivity index (χ3n) is 4.68. The van der Waals surface area contributed by atoms with Gasteiger partial charge in [0.05, 0.1) is 12.7 Å². The first-order valence-corrected chi connectivity index (χ1v) is 10.8. The third-order valence-corrected chi connectivity index (χ3v) is 10.6. The summed E-state index contributed by atoms with van der Waals surface area (Å²) >= 11 is 0. The van der Waals surface area contributed by atoms with E-state index in [2.05, 4.69) is 78.8 Å². The maximum atomic E-state index is 10.3. The molecule has 0 bridgehead atoms. The van der Waals surface area contributed by atoms with Crippen LogP contribution in [0.25, 0.3) is 0 Å². The smallest absolute Gasteiger partial charge is 0.234 e. The van der Waals surface area contributed by atoms with E-state index in [4.69, 9.17) is 4.43 Å². The molecule has 0 aliphatic carbocycles. The van der Waals surface area contributed by atoms with Crippen LogP contribution in [0, 0.1) is 0 Å². The minimum Gasteiger partial charge on any atom is -0.409 e. The largest absolute Gasteiger partial charge is 0.409 e. The van der Waals surface area contributed by atoms with Gasteiger partial charge in [0.15, 0.2) is 0 Å². The van der Waals surface area contributed by atoms with Crippen LogP contribution in [-0.4, -0.2) is 26.1 Å². The van der Waals surface area contributed by atoms with Crippen molar-refractivity contribution in [1.82, 2.24) is 0 Å². The lowest BCUT2D eigenvalue weighted by atomic mass is 10.2. The molecular formula is C20H36O2Si. The zero-order chi connectivity index (χ0) is 17.7. The summed E-state index contributed by atoms with van der Waals surface area (Å²) in [7, 11) is -2.34. The Bertz CT molecular complexity index is 443. The topological polar surface area (TPSA) is 29.5 Å². The van der Waals surface area contributed by atoms with E-state index in [1.54, 1.807) is 0 Å². The summed E-state index contributed by atoms with van der Waals surface area (Å²) in [6.45, 7) is 16.3. The first-order chi connectivity index (χ1) is 10.6. The molecule has 0 aliphatic heterocycles. The molecule has 0 amide bonds. The van der Waals surface area contributed by atoms with Crippen molar-refractivity contribution in [2.45, 2.75) is 83.9 Å². The fourth-order valence-corrected chi connectivity index (χ4v) is 10.0. The quantitative estimate of drug-likeness (QED) is 0.709. The van der Waals surface area contributed by atoms with Crippen LogP contribution in [0.15, 0.2) is 30.3 Å². The van der Waals surface area contributed by atoms with Gasteiger partial charge in [-0.25, -0.2) is 0 Å². The van der Waals surface area contributed by atoms with Crippen molar-refractivity contribution in [1.29, 1.82) is 0 Å². The number of hydrogen-bond acceptors (Lipinski definition) is 2. The third kappa shape index (κ3) is 4.68. The van der Waals surface area contributed by atoms with Gasteiger partial charge in [-0.05, 0) is 21.7 Å². The Balaban J connectivity index is 3.20. The number of unbranched alkanes of at least 4 members (excludes halogenated alkanes) is 1. The minimum absolute atomic E-state index is 0.0388. The van der Waals surface area contributed by atoms with Gasteiger partial charge in [0.2, 0.25) is 8.32 Å². The van der Waals surface area contributed by atoms with Crippen molar-refractivity contribution in [3.05, 3.63) is 30.3 Å². The second-order valence-corrected chi connectivity index (χ2v) is 13.9. The van der Waals surface area contributed by atoms with Crippen molar-refractivity contribution in [3.63, 3.8) is 0 Å². The average Bonchev–Trinajstić information content (AvgIpc) is 2.44. The fourth-order valence-electron chi connectivity index (χ4n) is 3.92. The molecule has 1 aromatic rings. The van der Waals surface area contributed by atoms with Crippen molar-refractivity contribution in [3.8, 4) is 0 Å². The summed E-state index contributed by atoms with van der Waals surface area (Å²) in [6.07, 6.45) is 2.62. The maximum absolute atomic E-state index is 10.3. The zero-order valence-electron chi connectivity index (χ0n) is 16.1. The molecule has 1 aromatic carbocycles. The Hall–Kier alpha value is -0.643. The number of rotatable bonds is 7. The number of benzene rings is 1. The Kier molecular flexibility index (Phi) is 7.06. The Morgan fingerprint density at radius 2 is 1.52 bits per heavy atom. The molecule has 3 heteroatoms. The molecule has 0 fully saturated rings. The van der Waals surface area contributed by atoms with Crippen LogP contribution in [0.3, 0.4) is 0 Å². The summed E-state index contributed by atoms with van der Waals surface area (Å²) in [4.78, 5) is 0. The van der Waals surface area contributed by atoms with Crippen molar-refractivity contribution >= 4 is 13.5 Å². The van der Waals surface area contributed by atoms with E-state index < -0.39 is 8.32 Å². The highest BCUT2D eigenvalue weighted by molar-refractivity contribution is 6.91. The van der Waals surface area contributed by atoms with Gasteiger partial charge in [0.1, 0.15) is 0 Å². The maximum Gasteiger partial charge on any atom is 0.234 e. The average molecular weight is 337 g/mol. The lowest BCUT2D eigenvalue weighted by Gasteiger charge is -2.51. The fraction of sp³-hybridized carbons (Fsp3) is 0.700. The molecule has 0 aliphatic rings. The molecule has 2 nitrogen and oxygen atoms in total. The molecular weight excluding hydrogens is 300 g/mol. The van der Waals surface area contributed by atoms with Crippen LogP contribution in [-0.2, 0) is 4.43 Å². The van der Waals surface area contributed by atoms with Gasteiger partial charge >= 0.3 is 0 Å². The second-order valence-electron chi connectivity index (χ2n) is 8.65. The molecule has 0 saturated carbocycles. The SMILES string of the molecule is CCCCC(O)CO[Si](c1ccccc1)(C(C)(C)C)C(C)(C)C. The zero-order valence-corrected chi connectivity index (χ0v) is 17.1. The summed E-state index contributed by atoms with van der Waals surface area (Å²) in [5.41, 5.74) is 0. The van der Waals surface area contributed by atoms with Gasteiger partial charge in [-0.15, -0.1) is 0 Å². The van der Waals surface area contributed by atoms with Gasteiger partial charge in [-0.3, -0.25) is 0 Å². The molecule has 1 atom stereocenters. The van der Waals surface area contributed by atoms with Crippen LogP contribution in [0.5, 0.6) is 0 Å². The monoisotopic (exact) mass is 336 g/mol. The van der Waals surface area contributed by atoms with Crippen molar-refractivity contribution in [2.75, 3.05) is 6.61 Å². The lowest BCUT2D eigenvalue weighted by Crippen LogP contribution is -2.64. The molecule has 1 unspecified atom stereocenters. The van der Waals surface area contributed by atoms with Crippen LogP contribution < -0.4 is 5.19 Å². The Labute approximate surface area is 144 Å². The normalized spacial score (nSPS) is 14.8. The molecule has 132 valence electrons. The predicted molar refractivity (Wildman–Crippen MR) is 103 cm³/mol. The molecule has 1 N–H and O–H groups in total. The molecule has 1 rings (SSSR count). The molecule has 23 heavy (non-hydrogen) atoms. The van der Waals surface area contributed by atoms with Gasteiger partial charge in [0.25, 0.3) is 0 Å². The van der Waals surface area contributed by atoms with E-state index >= 15 is 0 Å². The minimum atomic E-state index is -2.34. The van der Waals surface area contributed by atoms with E-state index in [1.165, 1.54) is 5.19 Å². The molecule has 0 saturated heterocycles. The summed E-state index contributed by atoms with van der Waals surface area (Å²) < 4.78 is 6.69. The Morgan fingerprint density at radius 3 is 1.96 bits per heavy atom. The van der Waals surface area contributed by atoms with Crippen LogP contribution in [0.4, 0.5) is 0 Å². The number of aliphatic hydroxyl groups excluding tert-OH is 1. The molecule has 0 aromatic heterocycles. The van der Waals surface area contributed by atoms with Crippen LogP contribution in [0.1, 0.15) is 67.7 Å². The summed E-state index contributed by atoms with van der Waals surface area (Å²) in [6, 6.07) is 10.7. The highest BCUT2D eigenvalue weighted by atomic mass is 28.4. The van der Waals surface area contributed by atoms with Crippen LogP contribution in [0.2, 0.25) is 10.1 Å². The van der Waals surface area contributed by atoms with Gasteiger partial charge < -0.3 is 9.53 Å². The van der Waals surface area contributed by atoms with Gasteiger partial charge in [-0.2, -0.15) is 0 Å². The predicted octanol–water partition coefficient (Wildman–Crippen LogP) is 5.01. The van der Waals surface area contributed by atoms with Crippen LogP contribution >= 0.6 is 0 Å². The molecule has 0 heterocycles. The van der Waals surface area contributed by atoms with E-state index in [9.17, 15) is 5.11 Å². The second kappa shape index (κ2) is 7.95. The standard InChI is InChI=1S/C20H36O2Si/c1-8-9-13-17(21)16-22-23(19(2,3)4,20(5,6)7)18-14-11-10-12-15-18/h10-12,14-15,17,21H,8-9,13,16H2,1-7H3. The summed E-state index contributed by atoms with van der Waals surface area (Å²) in [5, 5.41) is 11.7.